The van der Waals surface area contributed by atoms with Crippen LogP contribution in [0, 0.1) is 6.92 Å². The molecule has 120 valence electrons. The van der Waals surface area contributed by atoms with E-state index >= 15 is 0 Å². The number of hydrogen-bond donors (Lipinski definition) is 1. The molecule has 0 heterocycles. The van der Waals surface area contributed by atoms with Crippen LogP contribution in [0.15, 0.2) is 54.7 Å². The molecule has 2 amide bonds. The van der Waals surface area contributed by atoms with Gasteiger partial charge in [0.15, 0.2) is 0 Å². The fraction of sp³-hybridized carbons (Fsp3) is 0.211. The Morgan fingerprint density at radius 3 is 2.57 bits per heavy atom. The maximum Gasteiger partial charge on any atom is 0.325 e. The summed E-state index contributed by atoms with van der Waals surface area (Å²) in [5.41, 5.74) is 3.01. The largest absolute Gasteiger partial charge is 0.497 e. The van der Waals surface area contributed by atoms with Gasteiger partial charge in [0.25, 0.3) is 0 Å². The van der Waals surface area contributed by atoms with Crippen LogP contribution in [0.1, 0.15) is 18.1 Å². The zero-order valence-corrected chi connectivity index (χ0v) is 13.7. The molecule has 0 saturated heterocycles. The molecule has 0 spiro atoms. The Bertz CT molecular complexity index is 678. The molecule has 0 bridgehead atoms. The lowest BCUT2D eigenvalue weighted by atomic mass is 10.2. The molecule has 0 aliphatic rings. The molecule has 2 rings (SSSR count). The average molecular weight is 310 g/mol. The summed E-state index contributed by atoms with van der Waals surface area (Å²) in [6, 6.07) is 15.4. The van der Waals surface area contributed by atoms with Crippen LogP contribution >= 0.6 is 0 Å². The van der Waals surface area contributed by atoms with Crippen LogP contribution in [0.2, 0.25) is 0 Å². The van der Waals surface area contributed by atoms with Crippen molar-refractivity contribution in [2.24, 2.45) is 0 Å². The molecule has 0 aliphatic heterocycles. The maximum absolute atomic E-state index is 12.3. The number of urea groups is 1. The number of ether oxygens (including phenoxy) is 1. The second kappa shape index (κ2) is 8.03. The zero-order valence-electron chi connectivity index (χ0n) is 13.7. The molecule has 0 radical (unpaired) electrons. The van der Waals surface area contributed by atoms with Crippen LogP contribution in [-0.2, 0) is 0 Å². The summed E-state index contributed by atoms with van der Waals surface area (Å²) >= 11 is 0. The molecule has 0 unspecified atom stereocenters. The van der Waals surface area contributed by atoms with Gasteiger partial charge in [-0.1, -0.05) is 24.3 Å². The summed E-state index contributed by atoms with van der Waals surface area (Å²) in [7, 11) is 1.63. The molecule has 4 nitrogen and oxygen atoms in total. The SMILES string of the molecule is CCN(C(=O)N/C=C/c1ccc(OC)cc1)c1cccc(C)c1. The number of anilines is 1. The first-order valence-electron chi connectivity index (χ1n) is 7.59. The predicted octanol–water partition coefficient (Wildman–Crippen LogP) is 4.21. The van der Waals surface area contributed by atoms with E-state index in [9.17, 15) is 4.79 Å². The number of rotatable bonds is 5. The number of benzene rings is 2. The molecule has 1 N–H and O–H groups in total. The second-order valence-electron chi connectivity index (χ2n) is 5.14. The van der Waals surface area contributed by atoms with Gasteiger partial charge in [0.1, 0.15) is 5.75 Å². The highest BCUT2D eigenvalue weighted by Crippen LogP contribution is 2.16. The summed E-state index contributed by atoms with van der Waals surface area (Å²) in [6.45, 7) is 4.57. The predicted molar refractivity (Wildman–Crippen MR) is 94.8 cm³/mol. The van der Waals surface area contributed by atoms with Gasteiger partial charge in [0, 0.05) is 18.4 Å². The van der Waals surface area contributed by atoms with Crippen LogP contribution in [0.3, 0.4) is 0 Å². The van der Waals surface area contributed by atoms with Gasteiger partial charge >= 0.3 is 6.03 Å². The Hall–Kier alpha value is -2.75. The van der Waals surface area contributed by atoms with Crippen molar-refractivity contribution in [2.45, 2.75) is 13.8 Å². The molecule has 0 aromatic heterocycles. The van der Waals surface area contributed by atoms with Gasteiger partial charge in [-0.15, -0.1) is 0 Å². The van der Waals surface area contributed by atoms with Crippen LogP contribution < -0.4 is 15.0 Å². The number of carbonyl (C=O) groups is 1. The highest BCUT2D eigenvalue weighted by molar-refractivity contribution is 5.92. The maximum atomic E-state index is 12.3. The van der Waals surface area contributed by atoms with E-state index in [0.29, 0.717) is 6.54 Å². The summed E-state index contributed by atoms with van der Waals surface area (Å²) in [5.74, 6) is 0.808. The first-order valence-corrected chi connectivity index (χ1v) is 7.59. The fourth-order valence-electron chi connectivity index (χ4n) is 2.24. The molecule has 0 fully saturated rings. The number of methoxy groups -OCH3 is 1. The first-order chi connectivity index (χ1) is 11.1. The van der Waals surface area contributed by atoms with Gasteiger partial charge in [0.05, 0.1) is 7.11 Å². The van der Waals surface area contributed by atoms with E-state index in [1.54, 1.807) is 18.2 Å². The van der Waals surface area contributed by atoms with E-state index in [1.807, 2.05) is 68.5 Å². The van der Waals surface area contributed by atoms with Crippen molar-refractivity contribution >= 4 is 17.8 Å². The van der Waals surface area contributed by atoms with Crippen molar-refractivity contribution in [3.8, 4) is 5.75 Å². The van der Waals surface area contributed by atoms with E-state index in [-0.39, 0.29) is 6.03 Å². The van der Waals surface area contributed by atoms with Crippen LogP contribution in [0.25, 0.3) is 6.08 Å². The van der Waals surface area contributed by atoms with Gasteiger partial charge in [-0.3, -0.25) is 4.90 Å². The standard InChI is InChI=1S/C19H22N2O2/c1-4-21(17-7-5-6-15(2)14-17)19(22)20-13-12-16-8-10-18(23-3)11-9-16/h5-14H,4H2,1-3H3,(H,20,22)/b13-12+. The molecule has 0 atom stereocenters. The highest BCUT2D eigenvalue weighted by Gasteiger charge is 2.12. The third kappa shape index (κ3) is 4.61. The third-order valence-electron chi connectivity index (χ3n) is 3.47. The van der Waals surface area contributed by atoms with E-state index in [0.717, 1.165) is 22.6 Å². The molecule has 0 saturated carbocycles. The van der Waals surface area contributed by atoms with Crippen molar-refractivity contribution in [3.05, 3.63) is 65.9 Å². The molecular formula is C19H22N2O2. The molecule has 2 aromatic carbocycles. The summed E-state index contributed by atoms with van der Waals surface area (Å²) in [6.07, 6.45) is 3.50. The van der Waals surface area contributed by atoms with Gasteiger partial charge in [-0.05, 0) is 55.3 Å². The number of nitrogens with one attached hydrogen (secondary N) is 1. The quantitative estimate of drug-likeness (QED) is 0.899. The van der Waals surface area contributed by atoms with Crippen LogP contribution in [0.4, 0.5) is 10.5 Å². The summed E-state index contributed by atoms with van der Waals surface area (Å²) in [4.78, 5) is 14.0. The van der Waals surface area contributed by atoms with E-state index in [2.05, 4.69) is 5.32 Å². The molecular weight excluding hydrogens is 288 g/mol. The first kappa shape index (κ1) is 16.6. The summed E-state index contributed by atoms with van der Waals surface area (Å²) in [5, 5.41) is 2.80. The number of hydrogen-bond acceptors (Lipinski definition) is 2. The third-order valence-corrected chi connectivity index (χ3v) is 3.47. The minimum atomic E-state index is -0.150. The van der Waals surface area contributed by atoms with Crippen LogP contribution in [0.5, 0.6) is 5.75 Å². The molecule has 23 heavy (non-hydrogen) atoms. The number of nitrogens with zero attached hydrogens (tertiary/aromatic N) is 1. The molecule has 0 aliphatic carbocycles. The minimum Gasteiger partial charge on any atom is -0.497 e. The normalized spacial score (nSPS) is 10.6. The van der Waals surface area contributed by atoms with Crippen molar-refractivity contribution in [1.29, 1.82) is 0 Å². The van der Waals surface area contributed by atoms with E-state index < -0.39 is 0 Å². The van der Waals surface area contributed by atoms with E-state index in [1.165, 1.54) is 0 Å². The van der Waals surface area contributed by atoms with Crippen molar-refractivity contribution in [1.82, 2.24) is 5.32 Å². The Labute approximate surface area is 137 Å². The lowest BCUT2D eigenvalue weighted by molar-refractivity contribution is 0.249. The summed E-state index contributed by atoms with van der Waals surface area (Å²) < 4.78 is 5.12. The smallest absolute Gasteiger partial charge is 0.325 e. The zero-order chi connectivity index (χ0) is 16.7. The topological polar surface area (TPSA) is 41.6 Å². The Kier molecular flexibility index (Phi) is 5.80. The van der Waals surface area contributed by atoms with Gasteiger partial charge in [-0.2, -0.15) is 0 Å². The van der Waals surface area contributed by atoms with Gasteiger partial charge in [-0.25, -0.2) is 4.79 Å². The number of aryl methyl sites for hydroxylation is 1. The van der Waals surface area contributed by atoms with E-state index in [4.69, 9.17) is 4.74 Å². The monoisotopic (exact) mass is 310 g/mol. The molecule has 2 aromatic rings. The highest BCUT2D eigenvalue weighted by atomic mass is 16.5. The Morgan fingerprint density at radius 1 is 1.22 bits per heavy atom. The fourth-order valence-corrected chi connectivity index (χ4v) is 2.24. The number of carbonyl (C=O) groups excluding carboxylic acids is 1. The van der Waals surface area contributed by atoms with Gasteiger partial charge in [0.2, 0.25) is 0 Å². The van der Waals surface area contributed by atoms with Crippen molar-refractivity contribution < 1.29 is 9.53 Å². The minimum absolute atomic E-state index is 0.150. The number of amides is 2. The second-order valence-corrected chi connectivity index (χ2v) is 5.14. The van der Waals surface area contributed by atoms with Gasteiger partial charge < -0.3 is 10.1 Å². The molecule has 4 heteroatoms. The lowest BCUT2D eigenvalue weighted by Crippen LogP contribution is -2.37. The average Bonchev–Trinajstić information content (AvgIpc) is 2.56. The van der Waals surface area contributed by atoms with Crippen molar-refractivity contribution in [2.75, 3.05) is 18.6 Å². The Balaban J connectivity index is 2.00. The van der Waals surface area contributed by atoms with Crippen LogP contribution in [-0.4, -0.2) is 19.7 Å². The Morgan fingerprint density at radius 2 is 1.96 bits per heavy atom. The lowest BCUT2D eigenvalue weighted by Gasteiger charge is -2.20. The van der Waals surface area contributed by atoms with Crippen molar-refractivity contribution in [3.63, 3.8) is 0 Å².